The number of halogens is 1. The maximum Gasteiger partial charge on any atom is 0.255 e. The molecule has 8 heteroatoms. The van der Waals surface area contributed by atoms with Gasteiger partial charge in [-0.25, -0.2) is 4.99 Å². The van der Waals surface area contributed by atoms with Crippen molar-refractivity contribution in [1.82, 2.24) is 10.2 Å². The number of benzene rings is 2. The van der Waals surface area contributed by atoms with Crippen LogP contribution in [0.3, 0.4) is 0 Å². The van der Waals surface area contributed by atoms with Gasteiger partial charge in [-0.05, 0) is 56.0 Å². The quantitative estimate of drug-likeness (QED) is 0.575. The summed E-state index contributed by atoms with van der Waals surface area (Å²) in [6.07, 6.45) is 0.188. The van der Waals surface area contributed by atoms with Crippen molar-refractivity contribution in [3.63, 3.8) is 0 Å². The summed E-state index contributed by atoms with van der Waals surface area (Å²) in [5, 5.41) is 9.17. The summed E-state index contributed by atoms with van der Waals surface area (Å²) in [5.41, 5.74) is 3.49. The molecule has 0 radical (unpaired) electrons. The number of rotatable bonds is 6. The van der Waals surface area contributed by atoms with E-state index in [0.717, 1.165) is 16.4 Å². The lowest BCUT2D eigenvalue weighted by Crippen LogP contribution is -2.39. The van der Waals surface area contributed by atoms with Crippen LogP contribution in [0.5, 0.6) is 0 Å². The summed E-state index contributed by atoms with van der Waals surface area (Å²) >= 11 is 7.78. The van der Waals surface area contributed by atoms with Crippen molar-refractivity contribution in [2.24, 2.45) is 4.99 Å². The Morgan fingerprint density at radius 3 is 2.61 bits per heavy atom. The van der Waals surface area contributed by atoms with E-state index in [9.17, 15) is 9.59 Å². The minimum atomic E-state index is -0.465. The molecule has 0 fully saturated rings. The van der Waals surface area contributed by atoms with E-state index < -0.39 is 6.04 Å². The predicted molar refractivity (Wildman–Crippen MR) is 135 cm³/mol. The molecule has 2 aromatic carbocycles. The van der Waals surface area contributed by atoms with Gasteiger partial charge < -0.3 is 15.5 Å². The highest BCUT2D eigenvalue weighted by molar-refractivity contribution is 8.16. The third kappa shape index (κ3) is 5.15. The highest BCUT2D eigenvalue weighted by atomic mass is 35.5. The van der Waals surface area contributed by atoms with Crippen LogP contribution in [0.15, 0.2) is 82.0 Å². The van der Waals surface area contributed by atoms with Crippen LogP contribution in [-0.2, 0) is 9.59 Å². The van der Waals surface area contributed by atoms with Gasteiger partial charge in [0.1, 0.15) is 0 Å². The van der Waals surface area contributed by atoms with Gasteiger partial charge in [-0.3, -0.25) is 9.59 Å². The van der Waals surface area contributed by atoms with Crippen LogP contribution >= 0.6 is 23.4 Å². The summed E-state index contributed by atoms with van der Waals surface area (Å²) in [6, 6.07) is 16.4. The molecule has 0 aromatic heterocycles. The Bertz CT molecular complexity index is 1170. The molecule has 0 saturated heterocycles. The van der Waals surface area contributed by atoms with Crippen molar-refractivity contribution in [2.75, 3.05) is 5.32 Å². The smallest absolute Gasteiger partial charge is 0.255 e. The van der Waals surface area contributed by atoms with Gasteiger partial charge in [0.2, 0.25) is 5.91 Å². The lowest BCUT2D eigenvalue weighted by atomic mass is 9.93. The summed E-state index contributed by atoms with van der Waals surface area (Å²) < 4.78 is 0. The molecule has 1 unspecified atom stereocenters. The number of fused-ring (bicyclic) bond motifs is 1. The zero-order chi connectivity index (χ0) is 23.5. The van der Waals surface area contributed by atoms with Gasteiger partial charge in [-0.2, -0.15) is 0 Å². The minimum Gasteiger partial charge on any atom is -0.354 e. The number of nitrogens with one attached hydrogen (secondary N) is 2. The van der Waals surface area contributed by atoms with Crippen LogP contribution in [0.25, 0.3) is 0 Å². The minimum absolute atomic E-state index is 0.0414. The Kier molecular flexibility index (Phi) is 6.91. The average Bonchev–Trinajstić information content (AvgIpc) is 3.14. The highest BCUT2D eigenvalue weighted by Crippen LogP contribution is 2.45. The van der Waals surface area contributed by atoms with Crippen molar-refractivity contribution in [2.45, 2.75) is 39.3 Å². The zero-order valence-electron chi connectivity index (χ0n) is 18.6. The number of carbonyl (C=O) groups excluding carboxylic acids is 2. The first-order valence-electron chi connectivity index (χ1n) is 10.7. The molecule has 0 saturated carbocycles. The number of anilines is 1. The molecule has 0 spiro atoms. The van der Waals surface area contributed by atoms with E-state index in [1.807, 2.05) is 79.6 Å². The Morgan fingerprint density at radius 1 is 1.15 bits per heavy atom. The Morgan fingerprint density at radius 2 is 1.91 bits per heavy atom. The molecule has 2 aliphatic heterocycles. The molecule has 0 bridgehead atoms. The van der Waals surface area contributed by atoms with Gasteiger partial charge in [0.25, 0.3) is 5.91 Å². The van der Waals surface area contributed by atoms with E-state index in [4.69, 9.17) is 16.6 Å². The summed E-state index contributed by atoms with van der Waals surface area (Å²) in [5.74, 6) is -0.320. The second-order valence-electron chi connectivity index (χ2n) is 8.17. The van der Waals surface area contributed by atoms with Crippen molar-refractivity contribution < 1.29 is 9.59 Å². The van der Waals surface area contributed by atoms with Gasteiger partial charge in [-0.1, -0.05) is 53.7 Å². The molecule has 170 valence electrons. The number of amidine groups is 1. The van der Waals surface area contributed by atoms with Crippen molar-refractivity contribution in [3.05, 3.63) is 87.6 Å². The molecular weight excluding hydrogens is 456 g/mol. The molecule has 2 N–H and O–H groups in total. The van der Waals surface area contributed by atoms with Gasteiger partial charge in [0.15, 0.2) is 5.17 Å². The number of thioether (sulfide) groups is 1. The maximum atomic E-state index is 13.5. The second kappa shape index (κ2) is 9.85. The lowest BCUT2D eigenvalue weighted by molar-refractivity contribution is -0.121. The lowest BCUT2D eigenvalue weighted by Gasteiger charge is -2.36. The third-order valence-electron chi connectivity index (χ3n) is 5.23. The number of nitrogens with zero attached hydrogens (tertiary/aromatic N) is 2. The van der Waals surface area contributed by atoms with E-state index >= 15 is 0 Å². The summed E-state index contributed by atoms with van der Waals surface area (Å²) in [7, 11) is 0. The second-order valence-corrected chi connectivity index (χ2v) is 9.44. The molecule has 0 aliphatic carbocycles. The average molecular weight is 481 g/mol. The fraction of sp³-hybridized carbons (Fsp3) is 0.240. The van der Waals surface area contributed by atoms with E-state index in [-0.39, 0.29) is 24.3 Å². The molecule has 4 rings (SSSR count). The Balaban J connectivity index is 1.74. The molecular formula is C25H25ClN4O2S. The number of allylic oxidation sites excluding steroid dienone is 1. The summed E-state index contributed by atoms with van der Waals surface area (Å²) in [4.78, 5) is 32.8. The number of amides is 2. The molecule has 2 heterocycles. The molecule has 2 aromatic rings. The molecule has 33 heavy (non-hydrogen) atoms. The molecule has 1 atom stereocenters. The van der Waals surface area contributed by atoms with E-state index in [1.165, 1.54) is 11.8 Å². The van der Waals surface area contributed by atoms with Crippen molar-refractivity contribution in [3.8, 4) is 0 Å². The van der Waals surface area contributed by atoms with Crippen molar-refractivity contribution >= 4 is 46.0 Å². The number of para-hydroxylation sites is 1. The third-order valence-corrected chi connectivity index (χ3v) is 6.36. The van der Waals surface area contributed by atoms with E-state index in [2.05, 4.69) is 10.6 Å². The SMILES string of the molecule is CC1=C(C(=O)Nc2ccccc2)C(c2cccc(Cl)c2)N2C(CC(=O)NC(C)C)=CSC2=N1. The highest BCUT2D eigenvalue weighted by Gasteiger charge is 2.40. The van der Waals surface area contributed by atoms with E-state index in [1.54, 1.807) is 6.07 Å². The fourth-order valence-electron chi connectivity index (χ4n) is 3.91. The Labute approximate surface area is 202 Å². The number of hydrogen-bond acceptors (Lipinski definition) is 5. The van der Waals surface area contributed by atoms with Crippen LogP contribution in [0.4, 0.5) is 5.69 Å². The molecule has 2 aliphatic rings. The largest absolute Gasteiger partial charge is 0.354 e. The van der Waals surface area contributed by atoms with Gasteiger partial charge >= 0.3 is 0 Å². The number of hydrogen-bond donors (Lipinski definition) is 2. The fourth-order valence-corrected chi connectivity index (χ4v) is 5.07. The zero-order valence-corrected chi connectivity index (χ0v) is 20.2. The van der Waals surface area contributed by atoms with Crippen LogP contribution in [0.2, 0.25) is 5.02 Å². The van der Waals surface area contributed by atoms with Crippen LogP contribution in [0.1, 0.15) is 38.8 Å². The normalized spacial score (nSPS) is 17.5. The van der Waals surface area contributed by atoms with Gasteiger partial charge in [0.05, 0.1) is 23.7 Å². The van der Waals surface area contributed by atoms with Gasteiger partial charge in [0, 0.05) is 22.4 Å². The first-order chi connectivity index (χ1) is 15.8. The van der Waals surface area contributed by atoms with Crippen LogP contribution in [-0.4, -0.2) is 27.9 Å². The monoisotopic (exact) mass is 480 g/mol. The number of aliphatic imine (C=N–C) groups is 1. The first-order valence-corrected chi connectivity index (χ1v) is 11.9. The summed E-state index contributed by atoms with van der Waals surface area (Å²) in [6.45, 7) is 5.69. The Hall–Kier alpha value is -3.03. The van der Waals surface area contributed by atoms with Crippen LogP contribution in [0, 0.1) is 0 Å². The molecule has 2 amide bonds. The first kappa shape index (κ1) is 23.1. The topological polar surface area (TPSA) is 73.8 Å². The van der Waals surface area contributed by atoms with Crippen molar-refractivity contribution in [1.29, 1.82) is 0 Å². The van der Waals surface area contributed by atoms with E-state index in [0.29, 0.717) is 22.0 Å². The van der Waals surface area contributed by atoms with Gasteiger partial charge in [-0.15, -0.1) is 0 Å². The predicted octanol–water partition coefficient (Wildman–Crippen LogP) is 5.47. The number of carbonyl (C=O) groups is 2. The standard InChI is InChI=1S/C25H25ClN4O2S/c1-15(2)27-21(31)13-20-14-33-25-28-16(3)22(24(32)29-19-10-5-4-6-11-19)23(30(20)25)17-8-7-9-18(26)12-17/h4-12,14-15,23H,13H2,1-3H3,(H,27,31)(H,29,32). The maximum absolute atomic E-state index is 13.5. The molecule has 6 nitrogen and oxygen atoms in total. The van der Waals surface area contributed by atoms with Crippen LogP contribution < -0.4 is 10.6 Å².